The SMILES string of the molecule is CCCn1c(CN2Cc3ccccc3C[C@@H]2C(N)=O)nc2cc(S(=O)(=O)N3CCOCC3)ccc21. The highest BCUT2D eigenvalue weighted by Gasteiger charge is 2.32. The molecule has 0 bridgehead atoms. The van der Waals surface area contributed by atoms with Crippen LogP contribution >= 0.6 is 0 Å². The highest BCUT2D eigenvalue weighted by atomic mass is 32.2. The maximum atomic E-state index is 13.2. The van der Waals surface area contributed by atoms with Crippen LogP contribution in [0.1, 0.15) is 30.3 Å². The van der Waals surface area contributed by atoms with E-state index in [-0.39, 0.29) is 10.8 Å². The van der Waals surface area contributed by atoms with Crippen LogP contribution in [0.3, 0.4) is 0 Å². The van der Waals surface area contributed by atoms with Crippen molar-refractivity contribution in [3.05, 3.63) is 59.4 Å². The normalized spacial score (nSPS) is 19.6. The molecule has 35 heavy (non-hydrogen) atoms. The van der Waals surface area contributed by atoms with E-state index in [1.165, 1.54) is 9.87 Å². The number of aryl methyl sites for hydroxylation is 1. The van der Waals surface area contributed by atoms with Gasteiger partial charge in [-0.05, 0) is 42.2 Å². The fraction of sp³-hybridized carbons (Fsp3) is 0.440. The van der Waals surface area contributed by atoms with Crippen LogP contribution in [-0.2, 0) is 45.6 Å². The zero-order chi connectivity index (χ0) is 24.6. The van der Waals surface area contributed by atoms with Crippen molar-refractivity contribution in [3.63, 3.8) is 0 Å². The second-order valence-electron chi connectivity index (χ2n) is 9.14. The number of carbonyl (C=O) groups is 1. The molecule has 1 amide bonds. The second-order valence-corrected chi connectivity index (χ2v) is 11.1. The predicted octanol–water partition coefficient (Wildman–Crippen LogP) is 1.88. The third-order valence-corrected chi connectivity index (χ3v) is 8.77. The number of morpholine rings is 1. The molecule has 1 aromatic heterocycles. The molecular formula is C25H31N5O4S. The lowest BCUT2D eigenvalue weighted by molar-refractivity contribution is -0.124. The number of nitrogens with two attached hydrogens (primary N) is 1. The smallest absolute Gasteiger partial charge is 0.243 e. The van der Waals surface area contributed by atoms with Crippen molar-refractivity contribution in [1.82, 2.24) is 18.8 Å². The Hall–Kier alpha value is -2.79. The van der Waals surface area contributed by atoms with Crippen LogP contribution in [0.15, 0.2) is 47.4 Å². The van der Waals surface area contributed by atoms with E-state index in [1.54, 1.807) is 12.1 Å². The number of sulfonamides is 1. The summed E-state index contributed by atoms with van der Waals surface area (Å²) in [5.41, 5.74) is 9.64. The van der Waals surface area contributed by atoms with Gasteiger partial charge in [0.25, 0.3) is 0 Å². The first kappa shape index (κ1) is 23.9. The monoisotopic (exact) mass is 497 g/mol. The standard InChI is InChI=1S/C25H31N5O4S/c1-2-9-30-22-8-7-20(35(32,33)29-10-12-34-13-11-29)15-21(22)27-24(30)17-28-16-19-6-4-3-5-18(19)14-23(28)25(26)31/h3-8,15,23H,2,9-14,16-17H2,1H3,(H2,26,31)/t23-/m1/s1. The highest BCUT2D eigenvalue weighted by Crippen LogP contribution is 2.28. The van der Waals surface area contributed by atoms with Crippen LogP contribution in [0.25, 0.3) is 11.0 Å². The fourth-order valence-corrected chi connectivity index (χ4v) is 6.48. The molecule has 2 aliphatic heterocycles. The summed E-state index contributed by atoms with van der Waals surface area (Å²) in [4.78, 5) is 19.5. The molecule has 10 heteroatoms. The molecule has 9 nitrogen and oxygen atoms in total. The van der Waals surface area contributed by atoms with E-state index < -0.39 is 16.1 Å². The van der Waals surface area contributed by atoms with Gasteiger partial charge >= 0.3 is 0 Å². The summed E-state index contributed by atoms with van der Waals surface area (Å²) >= 11 is 0. The van der Waals surface area contributed by atoms with E-state index in [2.05, 4.69) is 22.5 Å². The molecule has 0 unspecified atom stereocenters. The number of carbonyl (C=O) groups excluding carboxylic acids is 1. The van der Waals surface area contributed by atoms with E-state index in [4.69, 9.17) is 15.5 Å². The average Bonchev–Trinajstić information content (AvgIpc) is 3.20. The minimum atomic E-state index is -3.62. The molecule has 2 aliphatic rings. The molecular weight excluding hydrogens is 466 g/mol. The molecule has 1 fully saturated rings. The summed E-state index contributed by atoms with van der Waals surface area (Å²) in [6.45, 7) is 5.39. The molecule has 1 atom stereocenters. The van der Waals surface area contributed by atoms with Gasteiger partial charge in [0.15, 0.2) is 0 Å². The van der Waals surface area contributed by atoms with Gasteiger partial charge in [0.1, 0.15) is 5.82 Å². The van der Waals surface area contributed by atoms with E-state index in [1.807, 2.05) is 24.3 Å². The van der Waals surface area contributed by atoms with Crippen molar-refractivity contribution in [2.24, 2.45) is 5.73 Å². The molecule has 3 aromatic rings. The molecule has 5 rings (SSSR count). The number of fused-ring (bicyclic) bond motifs is 2. The average molecular weight is 498 g/mol. The fourth-order valence-electron chi connectivity index (χ4n) is 5.06. The summed E-state index contributed by atoms with van der Waals surface area (Å²) in [7, 11) is -3.62. The first-order valence-corrected chi connectivity index (χ1v) is 13.5. The topological polar surface area (TPSA) is 111 Å². The van der Waals surface area contributed by atoms with Crippen molar-refractivity contribution in [1.29, 1.82) is 0 Å². The molecule has 186 valence electrons. The maximum absolute atomic E-state index is 13.2. The third kappa shape index (κ3) is 4.58. The molecule has 2 aromatic carbocycles. The molecule has 2 N–H and O–H groups in total. The molecule has 0 aliphatic carbocycles. The van der Waals surface area contributed by atoms with Gasteiger partial charge in [-0.25, -0.2) is 13.4 Å². The number of amides is 1. The van der Waals surface area contributed by atoms with E-state index in [0.29, 0.717) is 51.3 Å². The summed E-state index contributed by atoms with van der Waals surface area (Å²) in [5.74, 6) is 0.449. The Kier molecular flexibility index (Phi) is 6.63. The number of aromatic nitrogens is 2. The van der Waals surface area contributed by atoms with E-state index in [0.717, 1.165) is 29.9 Å². The van der Waals surface area contributed by atoms with Gasteiger partial charge in [-0.1, -0.05) is 31.2 Å². The van der Waals surface area contributed by atoms with Crippen molar-refractivity contribution in [2.75, 3.05) is 26.3 Å². The van der Waals surface area contributed by atoms with Gasteiger partial charge in [0.05, 0.1) is 41.7 Å². The first-order chi connectivity index (χ1) is 16.9. The Morgan fingerprint density at radius 3 is 2.60 bits per heavy atom. The van der Waals surface area contributed by atoms with Crippen molar-refractivity contribution in [3.8, 4) is 0 Å². The van der Waals surface area contributed by atoms with Crippen LogP contribution in [0.4, 0.5) is 0 Å². The van der Waals surface area contributed by atoms with Crippen LogP contribution in [0.5, 0.6) is 0 Å². The quantitative estimate of drug-likeness (QED) is 0.534. The van der Waals surface area contributed by atoms with Crippen LogP contribution in [-0.4, -0.2) is 65.4 Å². The van der Waals surface area contributed by atoms with Crippen molar-refractivity contribution in [2.45, 2.75) is 50.3 Å². The molecule has 0 saturated carbocycles. The number of hydrogen-bond acceptors (Lipinski definition) is 6. The predicted molar refractivity (Wildman–Crippen MR) is 132 cm³/mol. The molecule has 3 heterocycles. The number of rotatable bonds is 7. The number of hydrogen-bond donors (Lipinski definition) is 1. The number of nitrogens with zero attached hydrogens (tertiary/aromatic N) is 4. The molecule has 0 spiro atoms. The summed E-state index contributed by atoms with van der Waals surface area (Å²) in [6, 6.07) is 12.9. The van der Waals surface area contributed by atoms with Crippen molar-refractivity contribution >= 4 is 27.0 Å². The van der Waals surface area contributed by atoms with Gasteiger partial charge < -0.3 is 15.0 Å². The number of benzene rings is 2. The van der Waals surface area contributed by atoms with Crippen molar-refractivity contribution < 1.29 is 17.9 Å². The van der Waals surface area contributed by atoms with E-state index >= 15 is 0 Å². The van der Waals surface area contributed by atoms with Gasteiger partial charge in [-0.2, -0.15) is 4.31 Å². The zero-order valence-electron chi connectivity index (χ0n) is 19.9. The van der Waals surface area contributed by atoms with Gasteiger partial charge in [-0.3, -0.25) is 9.69 Å². The first-order valence-electron chi connectivity index (χ1n) is 12.1. The van der Waals surface area contributed by atoms with Crippen LogP contribution in [0, 0.1) is 0 Å². The summed E-state index contributed by atoms with van der Waals surface area (Å²) < 4.78 is 35.2. The van der Waals surface area contributed by atoms with Gasteiger partial charge in [0, 0.05) is 26.2 Å². The molecule has 1 saturated heterocycles. The summed E-state index contributed by atoms with van der Waals surface area (Å²) in [6.07, 6.45) is 1.47. The van der Waals surface area contributed by atoms with Gasteiger partial charge in [0.2, 0.25) is 15.9 Å². The lowest BCUT2D eigenvalue weighted by atomic mass is 9.93. The van der Waals surface area contributed by atoms with Crippen LogP contribution in [0.2, 0.25) is 0 Å². The minimum absolute atomic E-state index is 0.238. The Bertz CT molecular complexity index is 1350. The lowest BCUT2D eigenvalue weighted by Gasteiger charge is -2.34. The largest absolute Gasteiger partial charge is 0.379 e. The maximum Gasteiger partial charge on any atom is 0.243 e. The zero-order valence-corrected chi connectivity index (χ0v) is 20.7. The van der Waals surface area contributed by atoms with Crippen LogP contribution < -0.4 is 5.73 Å². The highest BCUT2D eigenvalue weighted by molar-refractivity contribution is 7.89. The minimum Gasteiger partial charge on any atom is -0.379 e. The third-order valence-electron chi connectivity index (χ3n) is 6.87. The Labute approximate surface area is 205 Å². The summed E-state index contributed by atoms with van der Waals surface area (Å²) in [5, 5.41) is 0. The van der Waals surface area contributed by atoms with Gasteiger partial charge in [-0.15, -0.1) is 0 Å². The second kappa shape index (κ2) is 9.69. The number of ether oxygens (including phenoxy) is 1. The Morgan fingerprint density at radius 1 is 1.14 bits per heavy atom. The number of primary amides is 1. The Balaban J connectivity index is 1.50. The molecule has 0 radical (unpaired) electrons. The Morgan fingerprint density at radius 2 is 1.89 bits per heavy atom. The number of imidazole rings is 1. The lowest BCUT2D eigenvalue weighted by Crippen LogP contribution is -2.48. The van der Waals surface area contributed by atoms with E-state index in [9.17, 15) is 13.2 Å².